The highest BCUT2D eigenvalue weighted by Crippen LogP contribution is 2.22. The van der Waals surface area contributed by atoms with E-state index in [1.54, 1.807) is 31.4 Å². The van der Waals surface area contributed by atoms with Gasteiger partial charge in [0.15, 0.2) is 0 Å². The molecule has 166 valence electrons. The van der Waals surface area contributed by atoms with Crippen molar-refractivity contribution in [3.63, 3.8) is 0 Å². The first-order chi connectivity index (χ1) is 15.5. The van der Waals surface area contributed by atoms with Crippen molar-refractivity contribution in [2.24, 2.45) is 0 Å². The molecule has 2 aromatic carbocycles. The van der Waals surface area contributed by atoms with E-state index >= 15 is 0 Å². The molecule has 1 amide bonds. The first-order valence-corrected chi connectivity index (χ1v) is 10.2. The Kier molecular flexibility index (Phi) is 5.98. The molecule has 0 saturated carbocycles. The average molecular weight is 435 g/mol. The number of ether oxygens (including phenoxy) is 2. The first kappa shape index (κ1) is 21.2. The van der Waals surface area contributed by atoms with Crippen molar-refractivity contribution in [1.82, 2.24) is 14.7 Å². The van der Waals surface area contributed by atoms with E-state index in [-0.39, 0.29) is 17.3 Å². The van der Waals surface area contributed by atoms with Gasteiger partial charge in [-0.1, -0.05) is 0 Å². The summed E-state index contributed by atoms with van der Waals surface area (Å²) in [5.41, 5.74) is 8.57. The zero-order chi connectivity index (χ0) is 22.7. The van der Waals surface area contributed by atoms with Gasteiger partial charge in [0, 0.05) is 37.4 Å². The van der Waals surface area contributed by atoms with Gasteiger partial charge in [-0.25, -0.2) is 9.48 Å². The van der Waals surface area contributed by atoms with Gasteiger partial charge in [-0.3, -0.25) is 4.79 Å². The lowest BCUT2D eigenvalue weighted by atomic mass is 10.1. The van der Waals surface area contributed by atoms with Crippen LogP contribution in [-0.2, 0) is 4.74 Å². The molecule has 1 aromatic heterocycles. The predicted molar refractivity (Wildman–Crippen MR) is 120 cm³/mol. The standard InChI is InChI=1S/C23H25N5O4/c1-31-19-9-7-17(8-10-19)26-11-13-27(14-12-26)22(29)16-3-5-18(6-4-16)28-21(24)20(15-25-28)23(30)32-2/h3-10,15H,11-14,24H2,1-2H3. The number of rotatable bonds is 5. The number of carbonyl (C=O) groups is 2. The van der Waals surface area contributed by atoms with Gasteiger partial charge in [0.2, 0.25) is 0 Å². The van der Waals surface area contributed by atoms with Crippen LogP contribution in [-0.4, -0.2) is 67.0 Å². The van der Waals surface area contributed by atoms with Crippen molar-refractivity contribution >= 4 is 23.4 Å². The maximum atomic E-state index is 13.0. The van der Waals surface area contributed by atoms with E-state index in [2.05, 4.69) is 10.00 Å². The molecule has 0 atom stereocenters. The van der Waals surface area contributed by atoms with Crippen molar-refractivity contribution in [3.8, 4) is 11.4 Å². The number of hydrogen-bond donors (Lipinski definition) is 1. The zero-order valence-corrected chi connectivity index (χ0v) is 18.0. The monoisotopic (exact) mass is 435 g/mol. The molecule has 0 unspecified atom stereocenters. The molecule has 0 aliphatic carbocycles. The molecule has 0 bridgehead atoms. The van der Waals surface area contributed by atoms with Crippen molar-refractivity contribution in [1.29, 1.82) is 0 Å². The molecule has 0 spiro atoms. The normalized spacial score (nSPS) is 13.7. The highest BCUT2D eigenvalue weighted by atomic mass is 16.5. The molecule has 1 aliphatic heterocycles. The van der Waals surface area contributed by atoms with Gasteiger partial charge in [-0.05, 0) is 48.5 Å². The summed E-state index contributed by atoms with van der Waals surface area (Å²) in [6, 6.07) is 14.9. The maximum Gasteiger partial charge on any atom is 0.343 e. The Balaban J connectivity index is 1.40. The van der Waals surface area contributed by atoms with Gasteiger partial charge in [-0.2, -0.15) is 5.10 Å². The lowest BCUT2D eigenvalue weighted by Gasteiger charge is -2.36. The Morgan fingerprint density at radius 1 is 0.906 bits per heavy atom. The number of amides is 1. The van der Waals surface area contributed by atoms with Crippen molar-refractivity contribution in [2.45, 2.75) is 0 Å². The number of aromatic nitrogens is 2. The third-order valence-electron chi connectivity index (χ3n) is 5.58. The molecular weight excluding hydrogens is 410 g/mol. The van der Waals surface area contributed by atoms with E-state index in [4.69, 9.17) is 15.2 Å². The number of esters is 1. The fraction of sp³-hybridized carbons (Fsp3) is 0.261. The van der Waals surface area contributed by atoms with Gasteiger partial charge in [0.25, 0.3) is 5.91 Å². The van der Waals surface area contributed by atoms with Crippen molar-refractivity contribution in [2.75, 3.05) is 51.0 Å². The Bertz CT molecular complexity index is 1100. The SMILES string of the molecule is COC(=O)c1cnn(-c2ccc(C(=O)N3CCN(c4ccc(OC)cc4)CC3)cc2)c1N. The number of carbonyl (C=O) groups excluding carboxylic acids is 2. The van der Waals surface area contributed by atoms with E-state index in [0.29, 0.717) is 24.3 Å². The second-order valence-electron chi connectivity index (χ2n) is 7.37. The molecule has 9 nitrogen and oxygen atoms in total. The van der Waals surface area contributed by atoms with Crippen LogP contribution in [0.25, 0.3) is 5.69 Å². The number of piperazine rings is 1. The highest BCUT2D eigenvalue weighted by Gasteiger charge is 2.23. The topological polar surface area (TPSA) is 103 Å². The minimum atomic E-state index is -0.547. The average Bonchev–Trinajstić information content (AvgIpc) is 3.24. The third kappa shape index (κ3) is 4.09. The van der Waals surface area contributed by atoms with E-state index in [9.17, 15) is 9.59 Å². The number of nitrogens with two attached hydrogens (primary N) is 1. The predicted octanol–water partition coefficient (Wildman–Crippen LogP) is 2.21. The highest BCUT2D eigenvalue weighted by molar-refractivity contribution is 5.95. The number of benzene rings is 2. The van der Waals surface area contributed by atoms with Crippen molar-refractivity contribution in [3.05, 3.63) is 65.9 Å². The molecule has 0 radical (unpaired) electrons. The molecule has 2 heterocycles. The summed E-state index contributed by atoms with van der Waals surface area (Å²) in [4.78, 5) is 28.8. The van der Waals surface area contributed by atoms with Crippen LogP contribution in [0.15, 0.2) is 54.7 Å². The Hall–Kier alpha value is -4.01. The van der Waals surface area contributed by atoms with Gasteiger partial charge in [0.1, 0.15) is 17.1 Å². The van der Waals surface area contributed by atoms with Crippen LogP contribution < -0.4 is 15.4 Å². The van der Waals surface area contributed by atoms with Crippen LogP contribution in [0.1, 0.15) is 20.7 Å². The molecule has 4 rings (SSSR count). The smallest absolute Gasteiger partial charge is 0.343 e. The van der Waals surface area contributed by atoms with E-state index in [1.165, 1.54) is 18.0 Å². The third-order valence-corrected chi connectivity index (χ3v) is 5.58. The summed E-state index contributed by atoms with van der Waals surface area (Å²) in [6.07, 6.45) is 1.36. The molecule has 2 N–H and O–H groups in total. The summed E-state index contributed by atoms with van der Waals surface area (Å²) in [5, 5.41) is 4.15. The second kappa shape index (κ2) is 9.01. The van der Waals surface area contributed by atoms with E-state index in [0.717, 1.165) is 24.5 Å². The van der Waals surface area contributed by atoms with Gasteiger partial charge >= 0.3 is 5.97 Å². The van der Waals surface area contributed by atoms with Crippen LogP contribution in [0.4, 0.5) is 11.5 Å². The number of methoxy groups -OCH3 is 2. The minimum absolute atomic E-state index is 0.0189. The van der Waals surface area contributed by atoms with Crippen LogP contribution in [0.2, 0.25) is 0 Å². The van der Waals surface area contributed by atoms with E-state index < -0.39 is 5.97 Å². The van der Waals surface area contributed by atoms with Gasteiger partial charge < -0.3 is 25.0 Å². The Labute approximate surface area is 185 Å². The summed E-state index contributed by atoms with van der Waals surface area (Å²) in [6.45, 7) is 2.80. The largest absolute Gasteiger partial charge is 0.497 e. The lowest BCUT2D eigenvalue weighted by Crippen LogP contribution is -2.48. The van der Waals surface area contributed by atoms with Crippen LogP contribution >= 0.6 is 0 Å². The second-order valence-corrected chi connectivity index (χ2v) is 7.37. The maximum absolute atomic E-state index is 13.0. The van der Waals surface area contributed by atoms with Crippen LogP contribution in [0.5, 0.6) is 5.75 Å². The first-order valence-electron chi connectivity index (χ1n) is 10.2. The Morgan fingerprint density at radius 2 is 1.53 bits per heavy atom. The molecular formula is C23H25N5O4. The summed E-state index contributed by atoms with van der Waals surface area (Å²) in [5.74, 6) is 0.443. The number of nitrogen functional groups attached to an aromatic ring is 1. The summed E-state index contributed by atoms with van der Waals surface area (Å²) >= 11 is 0. The molecule has 3 aromatic rings. The molecule has 1 aliphatic rings. The fourth-order valence-electron chi connectivity index (χ4n) is 3.72. The van der Waals surface area contributed by atoms with Gasteiger partial charge in [-0.15, -0.1) is 0 Å². The zero-order valence-electron chi connectivity index (χ0n) is 18.0. The molecule has 1 saturated heterocycles. The van der Waals surface area contributed by atoms with Crippen LogP contribution in [0.3, 0.4) is 0 Å². The summed E-state index contributed by atoms with van der Waals surface area (Å²) < 4.78 is 11.3. The molecule has 1 fully saturated rings. The van der Waals surface area contributed by atoms with Crippen LogP contribution in [0, 0.1) is 0 Å². The van der Waals surface area contributed by atoms with Gasteiger partial charge in [0.05, 0.1) is 26.1 Å². The molecule has 9 heteroatoms. The van der Waals surface area contributed by atoms with Crippen molar-refractivity contribution < 1.29 is 19.1 Å². The summed E-state index contributed by atoms with van der Waals surface area (Å²) in [7, 11) is 2.94. The lowest BCUT2D eigenvalue weighted by molar-refractivity contribution is 0.0601. The molecule has 32 heavy (non-hydrogen) atoms. The number of hydrogen-bond acceptors (Lipinski definition) is 7. The number of anilines is 2. The minimum Gasteiger partial charge on any atom is -0.497 e. The quantitative estimate of drug-likeness (QED) is 0.613. The number of nitrogens with zero attached hydrogens (tertiary/aromatic N) is 4. The fourth-order valence-corrected chi connectivity index (χ4v) is 3.72. The Morgan fingerprint density at radius 3 is 2.12 bits per heavy atom. The van der Waals surface area contributed by atoms with E-state index in [1.807, 2.05) is 29.2 Å².